The second kappa shape index (κ2) is 9.41. The Labute approximate surface area is 188 Å². The fourth-order valence-electron chi connectivity index (χ4n) is 3.99. The summed E-state index contributed by atoms with van der Waals surface area (Å²) < 4.78 is 29.4. The molecule has 0 saturated carbocycles. The van der Waals surface area contributed by atoms with Crippen molar-refractivity contribution in [3.8, 4) is 11.4 Å². The molecule has 2 amide bonds. The Balaban J connectivity index is 1.60. The average molecular weight is 460 g/mol. The van der Waals surface area contributed by atoms with Gasteiger partial charge in [-0.05, 0) is 44.0 Å². The summed E-state index contributed by atoms with van der Waals surface area (Å²) in [5.74, 6) is 0.992. The van der Waals surface area contributed by atoms with Crippen molar-refractivity contribution in [3.05, 3.63) is 36.0 Å². The maximum absolute atomic E-state index is 12.3. The van der Waals surface area contributed by atoms with Gasteiger partial charge >= 0.3 is 6.03 Å². The third-order valence-electron chi connectivity index (χ3n) is 5.63. The van der Waals surface area contributed by atoms with Crippen molar-refractivity contribution in [2.45, 2.75) is 31.6 Å². The summed E-state index contributed by atoms with van der Waals surface area (Å²) in [5.41, 5.74) is 1.90. The number of carbonyl (C=O) groups excluding carboxylic acids is 1. The van der Waals surface area contributed by atoms with Crippen molar-refractivity contribution >= 4 is 27.4 Å². The summed E-state index contributed by atoms with van der Waals surface area (Å²) in [4.78, 5) is 25.5. The Morgan fingerprint density at radius 3 is 2.53 bits per heavy atom. The summed E-state index contributed by atoms with van der Waals surface area (Å²) in [6.07, 6.45) is 3.28. The van der Waals surface area contributed by atoms with Crippen molar-refractivity contribution < 1.29 is 17.9 Å². The summed E-state index contributed by atoms with van der Waals surface area (Å²) >= 11 is 0. The van der Waals surface area contributed by atoms with Gasteiger partial charge in [0.25, 0.3) is 0 Å². The van der Waals surface area contributed by atoms with E-state index in [0.29, 0.717) is 42.8 Å². The van der Waals surface area contributed by atoms with Crippen LogP contribution in [0.2, 0.25) is 0 Å². The van der Waals surface area contributed by atoms with Gasteiger partial charge in [0, 0.05) is 43.2 Å². The van der Waals surface area contributed by atoms with Gasteiger partial charge in [-0.2, -0.15) is 0 Å². The summed E-state index contributed by atoms with van der Waals surface area (Å²) in [6.45, 7) is 5.48. The van der Waals surface area contributed by atoms with Gasteiger partial charge in [-0.15, -0.1) is 0 Å². The van der Waals surface area contributed by atoms with Gasteiger partial charge in [0.15, 0.2) is 15.7 Å². The molecule has 0 spiro atoms. The van der Waals surface area contributed by atoms with Crippen LogP contribution in [0.15, 0.2) is 30.3 Å². The van der Waals surface area contributed by atoms with E-state index in [9.17, 15) is 13.2 Å². The maximum atomic E-state index is 12.3. The van der Waals surface area contributed by atoms with Crippen molar-refractivity contribution in [2.75, 3.05) is 49.3 Å². The summed E-state index contributed by atoms with van der Waals surface area (Å²) in [5, 5.41) is 2.92. The number of ether oxygens (including phenoxy) is 1. The molecular weight excluding hydrogens is 430 g/mol. The molecule has 0 bridgehead atoms. The molecule has 0 unspecified atom stereocenters. The Kier molecular flexibility index (Phi) is 6.61. The average Bonchev–Trinajstić information content (AvgIpc) is 3.28. The first-order chi connectivity index (χ1) is 15.3. The zero-order valence-corrected chi connectivity index (χ0v) is 19.3. The highest BCUT2D eigenvalue weighted by Gasteiger charge is 2.23. The number of urea groups is 1. The number of carbonyl (C=O) groups is 1. The molecule has 2 aromatic rings. The van der Waals surface area contributed by atoms with E-state index in [2.05, 4.69) is 22.1 Å². The van der Waals surface area contributed by atoms with Crippen LogP contribution in [0.3, 0.4) is 0 Å². The fraction of sp³-hybridized carbons (Fsp3) is 0.500. The lowest BCUT2D eigenvalue weighted by molar-refractivity contribution is 0.0985. The van der Waals surface area contributed by atoms with E-state index in [-0.39, 0.29) is 17.8 Å². The number of nitrogens with zero attached hydrogens (tertiary/aromatic N) is 4. The van der Waals surface area contributed by atoms with E-state index in [1.165, 1.54) is 6.26 Å². The number of sulfone groups is 1. The minimum Gasteiger partial charge on any atom is -0.377 e. The SMILES string of the molecule is C[C@H]1COCCN1c1cc(CS(C)(=O)=O)nc(-c2ccc(NC(=O)N3CCCC3)cc2)n1. The summed E-state index contributed by atoms with van der Waals surface area (Å²) in [7, 11) is -3.25. The number of anilines is 2. The van der Waals surface area contributed by atoms with Gasteiger partial charge in [0.05, 0.1) is 30.7 Å². The standard InChI is InChI=1S/C22H29N5O4S/c1-16-14-31-12-11-27(16)20-13-19(15-32(2,29)30)23-21(25-20)17-5-7-18(8-6-17)24-22(28)26-9-3-4-10-26/h5-8,13,16H,3-4,9-12,14-15H2,1-2H3,(H,24,28)/t16-/m0/s1. The van der Waals surface area contributed by atoms with E-state index in [1.54, 1.807) is 6.07 Å². The number of rotatable bonds is 5. The van der Waals surface area contributed by atoms with E-state index in [4.69, 9.17) is 9.72 Å². The van der Waals surface area contributed by atoms with Gasteiger partial charge < -0.3 is 19.9 Å². The topological polar surface area (TPSA) is 105 Å². The monoisotopic (exact) mass is 459 g/mol. The molecule has 2 aliphatic rings. The molecule has 1 aromatic heterocycles. The number of hydrogen-bond donors (Lipinski definition) is 1. The van der Waals surface area contributed by atoms with E-state index < -0.39 is 9.84 Å². The lowest BCUT2D eigenvalue weighted by Gasteiger charge is -2.34. The van der Waals surface area contributed by atoms with E-state index >= 15 is 0 Å². The quantitative estimate of drug-likeness (QED) is 0.733. The van der Waals surface area contributed by atoms with Gasteiger partial charge in [-0.25, -0.2) is 23.2 Å². The van der Waals surface area contributed by atoms with Crippen molar-refractivity contribution in [1.82, 2.24) is 14.9 Å². The van der Waals surface area contributed by atoms with E-state index in [0.717, 1.165) is 31.5 Å². The van der Waals surface area contributed by atoms with Crippen LogP contribution in [0.25, 0.3) is 11.4 Å². The molecular formula is C22H29N5O4S. The molecule has 9 nitrogen and oxygen atoms in total. The Bertz CT molecular complexity index is 1070. The first-order valence-electron chi connectivity index (χ1n) is 10.8. The van der Waals surface area contributed by atoms with Gasteiger partial charge in [0.2, 0.25) is 0 Å². The molecule has 32 heavy (non-hydrogen) atoms. The molecule has 2 aliphatic heterocycles. The highest BCUT2D eigenvalue weighted by atomic mass is 32.2. The lowest BCUT2D eigenvalue weighted by atomic mass is 10.2. The third-order valence-corrected chi connectivity index (χ3v) is 6.45. The van der Waals surface area contributed by atoms with Crippen LogP contribution in [0.5, 0.6) is 0 Å². The van der Waals surface area contributed by atoms with Crippen molar-refractivity contribution in [3.63, 3.8) is 0 Å². The molecule has 10 heteroatoms. The Hall–Kier alpha value is -2.72. The highest BCUT2D eigenvalue weighted by molar-refractivity contribution is 7.89. The van der Waals surface area contributed by atoms with Crippen molar-refractivity contribution in [2.24, 2.45) is 0 Å². The number of amides is 2. The molecule has 2 fully saturated rings. The van der Waals surface area contributed by atoms with Crippen LogP contribution in [-0.4, -0.2) is 74.5 Å². The second-order valence-corrected chi connectivity index (χ2v) is 10.6. The zero-order chi connectivity index (χ0) is 22.7. The molecule has 1 atom stereocenters. The molecule has 3 heterocycles. The van der Waals surface area contributed by atoms with Crippen LogP contribution in [0.1, 0.15) is 25.5 Å². The van der Waals surface area contributed by atoms with Crippen LogP contribution in [0, 0.1) is 0 Å². The van der Waals surface area contributed by atoms with E-state index in [1.807, 2.05) is 29.2 Å². The number of hydrogen-bond acceptors (Lipinski definition) is 7. The van der Waals surface area contributed by atoms with Crippen molar-refractivity contribution in [1.29, 1.82) is 0 Å². The molecule has 1 N–H and O–H groups in total. The molecule has 172 valence electrons. The molecule has 1 aromatic carbocycles. The number of benzene rings is 1. The number of nitrogens with one attached hydrogen (secondary N) is 1. The normalized spacial score (nSPS) is 19.2. The minimum atomic E-state index is -3.25. The highest BCUT2D eigenvalue weighted by Crippen LogP contribution is 2.25. The first kappa shape index (κ1) is 22.5. The van der Waals surface area contributed by atoms with Crippen LogP contribution >= 0.6 is 0 Å². The second-order valence-electron chi connectivity index (χ2n) is 8.43. The molecule has 2 saturated heterocycles. The predicted octanol–water partition coefficient (Wildman–Crippen LogP) is 2.54. The maximum Gasteiger partial charge on any atom is 0.321 e. The first-order valence-corrected chi connectivity index (χ1v) is 12.9. The lowest BCUT2D eigenvalue weighted by Crippen LogP contribution is -2.44. The van der Waals surface area contributed by atoms with Gasteiger partial charge in [0.1, 0.15) is 5.82 Å². The third kappa shape index (κ3) is 5.55. The predicted molar refractivity (Wildman–Crippen MR) is 123 cm³/mol. The van der Waals surface area contributed by atoms with Crippen LogP contribution in [0.4, 0.5) is 16.3 Å². The van der Waals surface area contributed by atoms with Crippen LogP contribution < -0.4 is 10.2 Å². The number of aromatic nitrogens is 2. The number of likely N-dealkylation sites (tertiary alicyclic amines) is 1. The van der Waals surface area contributed by atoms with Crippen LogP contribution in [-0.2, 0) is 20.3 Å². The largest absolute Gasteiger partial charge is 0.377 e. The molecule has 0 radical (unpaired) electrons. The minimum absolute atomic E-state index is 0.0924. The number of morpholine rings is 1. The summed E-state index contributed by atoms with van der Waals surface area (Å²) in [6, 6.07) is 9.08. The molecule has 0 aliphatic carbocycles. The van der Waals surface area contributed by atoms with Gasteiger partial charge in [-0.3, -0.25) is 0 Å². The zero-order valence-electron chi connectivity index (χ0n) is 18.5. The van der Waals surface area contributed by atoms with Gasteiger partial charge in [-0.1, -0.05) is 0 Å². The smallest absolute Gasteiger partial charge is 0.321 e. The fourth-order valence-corrected chi connectivity index (χ4v) is 4.68. The Morgan fingerprint density at radius 1 is 1.16 bits per heavy atom. The Morgan fingerprint density at radius 2 is 1.88 bits per heavy atom. The molecule has 4 rings (SSSR count).